The van der Waals surface area contributed by atoms with Gasteiger partial charge in [-0.3, -0.25) is 4.90 Å². The quantitative estimate of drug-likeness (QED) is 0.741. The lowest BCUT2D eigenvalue weighted by Gasteiger charge is -2.24. The van der Waals surface area contributed by atoms with Crippen molar-refractivity contribution in [3.8, 4) is 0 Å². The number of anilines is 1. The summed E-state index contributed by atoms with van der Waals surface area (Å²) in [5.41, 5.74) is 6.58. The number of aliphatic imine (C=N–C) groups is 2. The van der Waals surface area contributed by atoms with Gasteiger partial charge in [-0.2, -0.15) is 0 Å². The van der Waals surface area contributed by atoms with Gasteiger partial charge in [0.2, 0.25) is 5.96 Å². The van der Waals surface area contributed by atoms with Crippen LogP contribution in [0.1, 0.15) is 20.8 Å². The van der Waals surface area contributed by atoms with Crippen LogP contribution in [-0.4, -0.2) is 29.8 Å². The van der Waals surface area contributed by atoms with Gasteiger partial charge in [0.25, 0.3) is 0 Å². The number of amidine groups is 1. The summed E-state index contributed by atoms with van der Waals surface area (Å²) in [7, 11) is 0. The molecule has 0 unspecified atom stereocenters. The monoisotopic (exact) mass is 344 g/mol. The first-order valence-electron chi connectivity index (χ1n) is 8.27. The molecule has 0 saturated heterocycles. The molecule has 0 amide bonds. The molecule has 0 bridgehead atoms. The smallest absolute Gasteiger partial charge is 0.209 e. The maximum Gasteiger partial charge on any atom is 0.209 e. The second-order valence-electron chi connectivity index (χ2n) is 6.01. The Morgan fingerprint density at radius 2 is 2.16 bits per heavy atom. The number of guanidine groups is 1. The summed E-state index contributed by atoms with van der Waals surface area (Å²) < 4.78 is 14.0. The lowest BCUT2D eigenvalue weighted by atomic mass is 10.2. The van der Waals surface area contributed by atoms with Gasteiger partial charge >= 0.3 is 0 Å². The highest BCUT2D eigenvalue weighted by molar-refractivity contribution is 6.18. The topological polar surface area (TPSA) is 78.0 Å². The molecule has 1 aromatic carbocycles. The van der Waals surface area contributed by atoms with Crippen LogP contribution in [-0.2, 0) is 0 Å². The zero-order valence-electron chi connectivity index (χ0n) is 14.9. The molecule has 25 heavy (non-hydrogen) atoms. The van der Waals surface area contributed by atoms with Gasteiger partial charge in [-0.25, -0.2) is 14.4 Å². The van der Waals surface area contributed by atoms with Gasteiger partial charge in [-0.05, 0) is 25.0 Å². The summed E-state index contributed by atoms with van der Waals surface area (Å²) >= 11 is 0. The highest BCUT2D eigenvalue weighted by Gasteiger charge is 2.29. The lowest BCUT2D eigenvalue weighted by Crippen LogP contribution is -2.39. The van der Waals surface area contributed by atoms with Gasteiger partial charge in [0.05, 0.1) is 5.69 Å². The van der Waals surface area contributed by atoms with Gasteiger partial charge < -0.3 is 16.4 Å². The minimum atomic E-state index is -0.351. The van der Waals surface area contributed by atoms with Crippen LogP contribution in [0.2, 0.25) is 0 Å². The van der Waals surface area contributed by atoms with Crippen molar-refractivity contribution >= 4 is 17.5 Å². The van der Waals surface area contributed by atoms with E-state index >= 15 is 0 Å². The van der Waals surface area contributed by atoms with E-state index in [9.17, 15) is 4.39 Å². The highest BCUT2D eigenvalue weighted by Crippen LogP contribution is 2.21. The molecule has 0 fully saturated rings. The predicted octanol–water partition coefficient (Wildman–Crippen LogP) is 2.84. The van der Waals surface area contributed by atoms with E-state index < -0.39 is 0 Å². The van der Waals surface area contributed by atoms with Crippen molar-refractivity contribution in [2.24, 2.45) is 21.6 Å². The molecule has 2 rings (SSSR count). The fraction of sp³-hybridized carbons (Fsp3) is 0.333. The first-order chi connectivity index (χ1) is 12.0. The second-order valence-corrected chi connectivity index (χ2v) is 6.01. The summed E-state index contributed by atoms with van der Waals surface area (Å²) in [5.74, 6) is 1.57. The molecule has 0 radical (unpaired) electrons. The second kappa shape index (κ2) is 8.32. The van der Waals surface area contributed by atoms with Crippen molar-refractivity contribution in [3.63, 3.8) is 0 Å². The van der Waals surface area contributed by atoms with E-state index in [1.807, 2.05) is 11.8 Å². The van der Waals surface area contributed by atoms with Gasteiger partial charge in [0, 0.05) is 19.3 Å². The van der Waals surface area contributed by atoms with Crippen molar-refractivity contribution in [2.45, 2.75) is 20.8 Å². The maximum atomic E-state index is 14.0. The Hall–Kier alpha value is -2.83. The Morgan fingerprint density at radius 3 is 2.76 bits per heavy atom. The fourth-order valence-electron chi connectivity index (χ4n) is 2.38. The van der Waals surface area contributed by atoms with Gasteiger partial charge in [-0.15, -0.1) is 0 Å². The van der Waals surface area contributed by atoms with Gasteiger partial charge in [0.1, 0.15) is 17.3 Å². The number of nitrogens with zero attached hydrogens (tertiary/aromatic N) is 3. The minimum absolute atomic E-state index is 0.336. The Labute approximate surface area is 148 Å². The van der Waals surface area contributed by atoms with Crippen molar-refractivity contribution < 1.29 is 4.39 Å². The third kappa shape index (κ3) is 4.59. The largest absolute Gasteiger partial charge is 0.403 e. The Bertz CT molecular complexity index is 720. The molecule has 4 N–H and O–H groups in total. The normalized spacial score (nSPS) is 17.3. The maximum absolute atomic E-state index is 14.0. The molecule has 0 atom stereocenters. The predicted molar refractivity (Wildman–Crippen MR) is 102 cm³/mol. The van der Waals surface area contributed by atoms with Crippen LogP contribution >= 0.6 is 0 Å². The molecule has 6 nitrogen and oxygen atoms in total. The van der Waals surface area contributed by atoms with Gasteiger partial charge in [-0.1, -0.05) is 32.6 Å². The third-order valence-electron chi connectivity index (χ3n) is 3.41. The molecule has 1 heterocycles. The van der Waals surface area contributed by atoms with Crippen LogP contribution in [0.15, 0.2) is 58.5 Å². The van der Waals surface area contributed by atoms with Crippen LogP contribution in [0.3, 0.4) is 0 Å². The van der Waals surface area contributed by atoms with E-state index in [-0.39, 0.29) is 5.82 Å². The minimum Gasteiger partial charge on any atom is -0.403 e. The SMILES string of the molecule is C=C(/N=C1\C(=C/N)N=C(Nc2ccccc2F)N1CC(C)C)NCC. The number of hydrogen-bond donors (Lipinski definition) is 3. The van der Waals surface area contributed by atoms with Crippen LogP contribution in [0.25, 0.3) is 0 Å². The standard InChI is InChI=1S/C18H25FN6/c1-5-21-13(4)22-17-16(10-20)24-18(25(17)11-12(2)3)23-15-9-7-6-8-14(15)19/h6-10,12,21H,4-5,11,20H2,1-3H3,(H,23,24)/b16-10+,22-17+. The molecule has 1 aliphatic heterocycles. The summed E-state index contributed by atoms with van der Waals surface area (Å²) in [6, 6.07) is 6.45. The average molecular weight is 344 g/mol. The van der Waals surface area contributed by atoms with Crippen molar-refractivity contribution in [2.75, 3.05) is 18.4 Å². The molecule has 0 aliphatic carbocycles. The number of benzene rings is 1. The van der Waals surface area contributed by atoms with E-state index in [0.717, 1.165) is 0 Å². The number of hydrogen-bond acceptors (Lipinski definition) is 5. The van der Waals surface area contributed by atoms with Crippen LogP contribution in [0, 0.1) is 11.7 Å². The third-order valence-corrected chi connectivity index (χ3v) is 3.41. The average Bonchev–Trinajstić information content (AvgIpc) is 2.86. The van der Waals surface area contributed by atoms with Crippen LogP contribution in [0.5, 0.6) is 0 Å². The molecular formula is C18H25FN6. The van der Waals surface area contributed by atoms with E-state index in [0.29, 0.717) is 48.0 Å². The first-order valence-corrected chi connectivity index (χ1v) is 8.27. The number of rotatable bonds is 6. The van der Waals surface area contributed by atoms with E-state index in [4.69, 9.17) is 5.73 Å². The van der Waals surface area contributed by atoms with Crippen molar-refractivity contribution in [1.29, 1.82) is 0 Å². The summed E-state index contributed by atoms with van der Waals surface area (Å²) in [5, 5.41) is 6.09. The zero-order chi connectivity index (χ0) is 18.4. The molecule has 134 valence electrons. The van der Waals surface area contributed by atoms with Crippen molar-refractivity contribution in [1.82, 2.24) is 10.2 Å². The molecule has 0 spiro atoms. The van der Waals surface area contributed by atoms with E-state index in [1.165, 1.54) is 12.3 Å². The Morgan fingerprint density at radius 1 is 1.44 bits per heavy atom. The van der Waals surface area contributed by atoms with Gasteiger partial charge in [0.15, 0.2) is 5.84 Å². The zero-order valence-corrected chi connectivity index (χ0v) is 14.9. The highest BCUT2D eigenvalue weighted by atomic mass is 19.1. The lowest BCUT2D eigenvalue weighted by molar-refractivity contribution is 0.494. The number of halogens is 1. The first kappa shape index (κ1) is 18.5. The van der Waals surface area contributed by atoms with Crippen molar-refractivity contribution in [3.05, 3.63) is 54.4 Å². The number of nitrogens with two attached hydrogens (primary N) is 1. The van der Waals surface area contributed by atoms with Crippen LogP contribution in [0.4, 0.5) is 10.1 Å². The number of para-hydroxylation sites is 1. The molecule has 0 saturated carbocycles. The Kier molecular flexibility index (Phi) is 6.16. The molecule has 0 aromatic heterocycles. The summed E-state index contributed by atoms with van der Waals surface area (Å²) in [6.45, 7) is 11.4. The summed E-state index contributed by atoms with van der Waals surface area (Å²) in [4.78, 5) is 10.9. The molecule has 1 aromatic rings. The fourth-order valence-corrected chi connectivity index (χ4v) is 2.38. The van der Waals surface area contributed by atoms with Crippen LogP contribution < -0.4 is 16.4 Å². The Balaban J connectivity index is 2.37. The van der Waals surface area contributed by atoms with E-state index in [2.05, 4.69) is 41.0 Å². The summed E-state index contributed by atoms with van der Waals surface area (Å²) in [6.07, 6.45) is 1.39. The molecule has 7 heteroatoms. The van der Waals surface area contributed by atoms with E-state index in [1.54, 1.807) is 18.2 Å². The molecular weight excluding hydrogens is 319 g/mol. The number of nitrogens with one attached hydrogen (secondary N) is 2. The molecule has 1 aliphatic rings.